The molecule has 1 aromatic rings. The van der Waals surface area contributed by atoms with Crippen molar-refractivity contribution in [1.82, 2.24) is 10.6 Å². The van der Waals surface area contributed by atoms with E-state index in [2.05, 4.69) is 22.0 Å². The molecule has 6 heteroatoms. The van der Waals surface area contributed by atoms with Crippen molar-refractivity contribution in [1.29, 1.82) is 0 Å². The van der Waals surface area contributed by atoms with Crippen LogP contribution < -0.4 is 16.0 Å². The van der Waals surface area contributed by atoms with Crippen molar-refractivity contribution in [2.24, 2.45) is 0 Å². The van der Waals surface area contributed by atoms with Crippen LogP contribution in [-0.4, -0.2) is 45.2 Å². The summed E-state index contributed by atoms with van der Waals surface area (Å²) < 4.78 is 4.91. The van der Waals surface area contributed by atoms with E-state index in [4.69, 9.17) is 4.74 Å². The smallest absolute Gasteiger partial charge is 0.251 e. The van der Waals surface area contributed by atoms with E-state index in [1.165, 1.54) is 31.3 Å². The fourth-order valence-electron chi connectivity index (χ4n) is 2.89. The van der Waals surface area contributed by atoms with Gasteiger partial charge in [0, 0.05) is 24.9 Å². The van der Waals surface area contributed by atoms with Gasteiger partial charge in [-0.2, -0.15) is 0 Å². The minimum atomic E-state index is -0.183. The highest BCUT2D eigenvalue weighted by Gasteiger charge is 2.08. The maximum atomic E-state index is 12.1. The van der Waals surface area contributed by atoms with Crippen molar-refractivity contribution in [3.05, 3.63) is 41.5 Å². The molecule has 0 saturated carbocycles. The SMILES string of the molecule is COCCNC(=O)c1cccc(NC(=O)CNCCC2=CCCCC2)c1. The molecule has 0 saturated heterocycles. The molecule has 1 aliphatic rings. The van der Waals surface area contributed by atoms with Gasteiger partial charge < -0.3 is 20.7 Å². The molecule has 1 aromatic carbocycles. The third-order valence-corrected chi connectivity index (χ3v) is 4.29. The van der Waals surface area contributed by atoms with E-state index in [1.807, 2.05) is 0 Å². The molecule has 3 N–H and O–H groups in total. The van der Waals surface area contributed by atoms with E-state index in [-0.39, 0.29) is 18.4 Å². The Labute approximate surface area is 155 Å². The average Bonchev–Trinajstić information content (AvgIpc) is 2.66. The summed E-state index contributed by atoms with van der Waals surface area (Å²) in [7, 11) is 1.59. The fourth-order valence-corrected chi connectivity index (χ4v) is 2.89. The number of amides is 2. The Morgan fingerprint density at radius 1 is 1.19 bits per heavy atom. The van der Waals surface area contributed by atoms with Gasteiger partial charge in [-0.1, -0.05) is 17.7 Å². The Morgan fingerprint density at radius 2 is 2.08 bits per heavy atom. The Kier molecular flexibility index (Phi) is 8.86. The summed E-state index contributed by atoms with van der Waals surface area (Å²) in [6.07, 6.45) is 8.28. The number of carbonyl (C=O) groups excluding carboxylic acids is 2. The van der Waals surface area contributed by atoms with E-state index in [1.54, 1.807) is 31.4 Å². The van der Waals surface area contributed by atoms with Crippen LogP contribution in [-0.2, 0) is 9.53 Å². The van der Waals surface area contributed by atoms with Crippen LogP contribution in [0.15, 0.2) is 35.9 Å². The Morgan fingerprint density at radius 3 is 2.85 bits per heavy atom. The number of anilines is 1. The molecule has 0 atom stereocenters. The summed E-state index contributed by atoms with van der Waals surface area (Å²) in [5.41, 5.74) is 2.62. The maximum absolute atomic E-state index is 12.1. The highest BCUT2D eigenvalue weighted by atomic mass is 16.5. The zero-order valence-electron chi connectivity index (χ0n) is 15.5. The molecule has 6 nitrogen and oxygen atoms in total. The Balaban J connectivity index is 1.71. The second-order valence-electron chi connectivity index (χ2n) is 6.41. The van der Waals surface area contributed by atoms with Gasteiger partial charge in [-0.3, -0.25) is 9.59 Å². The zero-order chi connectivity index (χ0) is 18.6. The number of carbonyl (C=O) groups is 2. The summed E-state index contributed by atoms with van der Waals surface area (Å²) in [4.78, 5) is 24.1. The summed E-state index contributed by atoms with van der Waals surface area (Å²) in [6, 6.07) is 6.92. The van der Waals surface area contributed by atoms with Crippen LogP contribution in [0.4, 0.5) is 5.69 Å². The number of nitrogens with one attached hydrogen (secondary N) is 3. The summed E-state index contributed by atoms with van der Waals surface area (Å²) in [5, 5.41) is 8.76. The quantitative estimate of drug-likeness (QED) is 0.443. The normalized spacial score (nSPS) is 13.8. The number of hydrogen-bond acceptors (Lipinski definition) is 4. The summed E-state index contributed by atoms with van der Waals surface area (Å²) in [5.74, 6) is -0.295. The number of allylic oxidation sites excluding steroid dienone is 1. The average molecular weight is 359 g/mol. The number of benzene rings is 1. The molecular formula is C20H29N3O3. The molecule has 26 heavy (non-hydrogen) atoms. The van der Waals surface area contributed by atoms with Crippen molar-refractivity contribution >= 4 is 17.5 Å². The number of hydrogen-bond donors (Lipinski definition) is 3. The highest BCUT2D eigenvalue weighted by molar-refractivity contribution is 5.97. The lowest BCUT2D eigenvalue weighted by Crippen LogP contribution is -2.29. The molecule has 0 aromatic heterocycles. The first-order valence-electron chi connectivity index (χ1n) is 9.24. The van der Waals surface area contributed by atoms with Crippen LogP contribution >= 0.6 is 0 Å². The van der Waals surface area contributed by atoms with Crippen molar-refractivity contribution < 1.29 is 14.3 Å². The van der Waals surface area contributed by atoms with Gasteiger partial charge in [0.1, 0.15) is 0 Å². The monoisotopic (exact) mass is 359 g/mol. The predicted octanol–water partition coefficient (Wildman–Crippen LogP) is 2.48. The topological polar surface area (TPSA) is 79.5 Å². The molecule has 0 spiro atoms. The van der Waals surface area contributed by atoms with E-state index < -0.39 is 0 Å². The lowest BCUT2D eigenvalue weighted by molar-refractivity contribution is -0.115. The molecule has 0 heterocycles. The molecule has 0 radical (unpaired) electrons. The van der Waals surface area contributed by atoms with Crippen molar-refractivity contribution in [2.45, 2.75) is 32.1 Å². The van der Waals surface area contributed by atoms with Crippen LogP contribution in [0, 0.1) is 0 Å². The van der Waals surface area contributed by atoms with Gasteiger partial charge in [-0.15, -0.1) is 0 Å². The fraction of sp³-hybridized carbons (Fsp3) is 0.500. The molecule has 0 unspecified atom stereocenters. The van der Waals surface area contributed by atoms with Crippen LogP contribution in [0.1, 0.15) is 42.5 Å². The van der Waals surface area contributed by atoms with Crippen LogP contribution in [0.5, 0.6) is 0 Å². The molecule has 0 fully saturated rings. The van der Waals surface area contributed by atoms with Gasteiger partial charge >= 0.3 is 0 Å². The Bertz CT molecular complexity index is 628. The first-order chi connectivity index (χ1) is 12.7. The lowest BCUT2D eigenvalue weighted by Gasteiger charge is -2.13. The minimum absolute atomic E-state index is 0.112. The van der Waals surface area contributed by atoms with Crippen molar-refractivity contribution in [2.75, 3.05) is 38.7 Å². The molecular weight excluding hydrogens is 330 g/mol. The summed E-state index contributed by atoms with van der Waals surface area (Å²) in [6.45, 7) is 1.98. The van der Waals surface area contributed by atoms with Crippen molar-refractivity contribution in [3.8, 4) is 0 Å². The van der Waals surface area contributed by atoms with Crippen LogP contribution in [0.3, 0.4) is 0 Å². The van der Waals surface area contributed by atoms with Gasteiger partial charge in [0.25, 0.3) is 5.91 Å². The Hall–Kier alpha value is -2.18. The molecule has 1 aliphatic carbocycles. The third kappa shape index (κ3) is 7.37. The van der Waals surface area contributed by atoms with Gasteiger partial charge in [0.2, 0.25) is 5.91 Å². The standard InChI is InChI=1S/C20H29N3O3/c1-26-13-12-22-20(25)17-8-5-9-18(14-17)23-19(24)15-21-11-10-16-6-3-2-4-7-16/h5-6,8-9,14,21H,2-4,7,10-13,15H2,1H3,(H,22,25)(H,23,24). The highest BCUT2D eigenvalue weighted by Crippen LogP contribution is 2.19. The second-order valence-corrected chi connectivity index (χ2v) is 6.41. The van der Waals surface area contributed by atoms with E-state index >= 15 is 0 Å². The van der Waals surface area contributed by atoms with Crippen LogP contribution in [0.25, 0.3) is 0 Å². The minimum Gasteiger partial charge on any atom is -0.383 e. The number of ether oxygens (including phenoxy) is 1. The molecule has 0 bridgehead atoms. The lowest BCUT2D eigenvalue weighted by atomic mass is 9.97. The largest absolute Gasteiger partial charge is 0.383 e. The number of rotatable bonds is 10. The van der Waals surface area contributed by atoms with E-state index in [9.17, 15) is 9.59 Å². The van der Waals surface area contributed by atoms with E-state index in [0.29, 0.717) is 24.4 Å². The first kappa shape index (κ1) is 20.1. The molecule has 0 aliphatic heterocycles. The van der Waals surface area contributed by atoms with Gasteiger partial charge in [-0.25, -0.2) is 0 Å². The van der Waals surface area contributed by atoms with Gasteiger partial charge in [-0.05, 0) is 56.8 Å². The number of methoxy groups -OCH3 is 1. The molecule has 2 rings (SSSR count). The van der Waals surface area contributed by atoms with Gasteiger partial charge in [0.15, 0.2) is 0 Å². The molecule has 142 valence electrons. The van der Waals surface area contributed by atoms with Gasteiger partial charge in [0.05, 0.1) is 13.2 Å². The van der Waals surface area contributed by atoms with E-state index in [0.717, 1.165) is 13.0 Å². The first-order valence-corrected chi connectivity index (χ1v) is 9.24. The predicted molar refractivity (Wildman–Crippen MR) is 103 cm³/mol. The molecule has 2 amide bonds. The maximum Gasteiger partial charge on any atom is 0.251 e. The van der Waals surface area contributed by atoms with Crippen molar-refractivity contribution in [3.63, 3.8) is 0 Å². The zero-order valence-corrected chi connectivity index (χ0v) is 15.5. The van der Waals surface area contributed by atoms with Crippen LogP contribution in [0.2, 0.25) is 0 Å². The summed E-state index contributed by atoms with van der Waals surface area (Å²) >= 11 is 0. The third-order valence-electron chi connectivity index (χ3n) is 4.29. The second kappa shape index (κ2) is 11.4.